The number of fused-ring (bicyclic) bond motifs is 3. The number of H-pyrrole nitrogens is 1. The smallest absolute Gasteiger partial charge is 0.255 e. The molecule has 0 atom stereocenters. The Morgan fingerprint density at radius 2 is 2.14 bits per heavy atom. The zero-order valence-corrected chi connectivity index (χ0v) is 12.8. The second-order valence-electron chi connectivity index (χ2n) is 5.15. The topological polar surface area (TPSA) is 47.0 Å². The highest BCUT2D eigenvalue weighted by atomic mass is 32.1. The first-order chi connectivity index (χ1) is 10.2. The van der Waals surface area contributed by atoms with Crippen LogP contribution < -0.4 is 5.56 Å². The molecule has 0 spiro atoms. The third-order valence-corrected chi connectivity index (χ3v) is 4.19. The van der Waals surface area contributed by atoms with Crippen LogP contribution in [0.4, 0.5) is 0 Å². The van der Waals surface area contributed by atoms with Crippen LogP contribution in [0.1, 0.15) is 24.5 Å². The summed E-state index contributed by atoms with van der Waals surface area (Å²) in [7, 11) is 0. The minimum Gasteiger partial charge on any atom is -0.361 e. The van der Waals surface area contributed by atoms with Crippen molar-refractivity contribution in [2.75, 3.05) is 6.61 Å². The number of ether oxygens (including phenoxy) is 1. The van der Waals surface area contributed by atoms with Gasteiger partial charge in [0, 0.05) is 17.7 Å². The fourth-order valence-corrected chi connectivity index (χ4v) is 3.12. The van der Waals surface area contributed by atoms with E-state index in [1.54, 1.807) is 0 Å². The number of aromatic amines is 1. The van der Waals surface area contributed by atoms with Gasteiger partial charge in [-0.1, -0.05) is 24.3 Å². The molecule has 0 saturated carbocycles. The molecular weight excluding hydrogens is 284 g/mol. The van der Waals surface area contributed by atoms with Crippen molar-refractivity contribution in [1.82, 2.24) is 9.55 Å². The first-order valence-corrected chi connectivity index (χ1v) is 7.65. The molecule has 0 saturated heterocycles. The molecule has 1 N–H and O–H groups in total. The van der Waals surface area contributed by atoms with Crippen LogP contribution in [0.5, 0.6) is 0 Å². The number of nitrogens with zero attached hydrogens (tertiary/aromatic N) is 1. The monoisotopic (exact) mass is 302 g/mol. The maximum atomic E-state index is 12.3. The zero-order chi connectivity index (χ0) is 14.8. The summed E-state index contributed by atoms with van der Waals surface area (Å²) in [5.41, 5.74) is 4.03. The van der Waals surface area contributed by atoms with Crippen molar-refractivity contribution in [2.24, 2.45) is 0 Å². The summed E-state index contributed by atoms with van der Waals surface area (Å²) < 4.78 is 7.86. The van der Waals surface area contributed by atoms with E-state index < -0.39 is 0 Å². The summed E-state index contributed by atoms with van der Waals surface area (Å²) in [6.07, 6.45) is 2.71. The summed E-state index contributed by atoms with van der Waals surface area (Å²) in [5.74, 6) is 0. The molecule has 4 nitrogen and oxygen atoms in total. The largest absolute Gasteiger partial charge is 0.361 e. The van der Waals surface area contributed by atoms with Crippen LogP contribution in [0.25, 0.3) is 11.3 Å². The van der Waals surface area contributed by atoms with Crippen LogP contribution in [-0.4, -0.2) is 16.2 Å². The van der Waals surface area contributed by atoms with E-state index in [1.165, 1.54) is 5.56 Å². The Morgan fingerprint density at radius 3 is 2.95 bits per heavy atom. The number of hydrogen-bond acceptors (Lipinski definition) is 3. The molecular formula is C16H18N2O2S. The lowest BCUT2D eigenvalue weighted by Gasteiger charge is -2.17. The molecule has 0 radical (unpaired) electrons. The molecule has 1 aromatic carbocycles. The van der Waals surface area contributed by atoms with Crippen LogP contribution in [0, 0.1) is 4.77 Å². The minimum absolute atomic E-state index is 0.0700. The highest BCUT2D eigenvalue weighted by Crippen LogP contribution is 2.30. The van der Waals surface area contributed by atoms with Gasteiger partial charge in [-0.3, -0.25) is 14.3 Å². The van der Waals surface area contributed by atoms with Gasteiger partial charge < -0.3 is 4.74 Å². The second kappa shape index (κ2) is 5.95. The van der Waals surface area contributed by atoms with Crippen molar-refractivity contribution < 1.29 is 4.74 Å². The van der Waals surface area contributed by atoms with Crippen molar-refractivity contribution in [3.8, 4) is 11.3 Å². The SMILES string of the molecule is CCOCn1c2c(c(=O)[nH]c1=S)CCCc1ccccc1-2. The fraction of sp³-hybridized carbons (Fsp3) is 0.375. The van der Waals surface area contributed by atoms with Crippen LogP contribution in [0.15, 0.2) is 29.1 Å². The van der Waals surface area contributed by atoms with Crippen LogP contribution in [-0.2, 0) is 24.3 Å². The Balaban J connectivity index is 2.32. The lowest BCUT2D eigenvalue weighted by atomic mass is 10.0. The van der Waals surface area contributed by atoms with E-state index in [-0.39, 0.29) is 5.56 Å². The Bertz CT molecular complexity index is 777. The van der Waals surface area contributed by atoms with E-state index in [1.807, 2.05) is 23.6 Å². The molecule has 5 heteroatoms. The molecule has 1 aliphatic rings. The molecule has 0 fully saturated rings. The summed E-state index contributed by atoms with van der Waals surface area (Å²) in [6.45, 7) is 2.92. The van der Waals surface area contributed by atoms with E-state index in [9.17, 15) is 4.79 Å². The Labute approximate surface area is 128 Å². The van der Waals surface area contributed by atoms with Crippen molar-refractivity contribution >= 4 is 12.2 Å². The quantitative estimate of drug-likeness (QED) is 0.886. The molecule has 2 aromatic rings. The fourth-order valence-electron chi connectivity index (χ4n) is 2.88. The van der Waals surface area contributed by atoms with Crippen LogP contribution in [0.2, 0.25) is 0 Å². The van der Waals surface area contributed by atoms with Gasteiger partial charge in [-0.2, -0.15) is 0 Å². The molecule has 3 rings (SSSR count). The molecule has 1 heterocycles. The molecule has 0 amide bonds. The predicted octanol–water partition coefficient (Wildman–Crippen LogP) is 3.06. The van der Waals surface area contributed by atoms with Crippen LogP contribution in [0.3, 0.4) is 0 Å². The number of benzene rings is 1. The lowest BCUT2D eigenvalue weighted by molar-refractivity contribution is 0.0867. The predicted molar refractivity (Wildman–Crippen MR) is 85.0 cm³/mol. The van der Waals surface area contributed by atoms with E-state index >= 15 is 0 Å². The van der Waals surface area contributed by atoms with Gasteiger partial charge in [0.25, 0.3) is 5.56 Å². The average molecular weight is 302 g/mol. The number of aromatic nitrogens is 2. The van der Waals surface area contributed by atoms with Gasteiger partial charge in [0.05, 0.1) is 5.69 Å². The summed E-state index contributed by atoms with van der Waals surface area (Å²) >= 11 is 5.34. The van der Waals surface area contributed by atoms with Crippen molar-refractivity contribution in [1.29, 1.82) is 0 Å². The normalized spacial score (nSPS) is 13.4. The lowest BCUT2D eigenvalue weighted by Crippen LogP contribution is -2.22. The van der Waals surface area contributed by atoms with Crippen molar-refractivity contribution in [3.05, 3.63) is 50.5 Å². The number of aryl methyl sites for hydroxylation is 1. The molecule has 0 unspecified atom stereocenters. The Morgan fingerprint density at radius 1 is 1.33 bits per heavy atom. The Hall–Kier alpha value is -1.72. The van der Waals surface area contributed by atoms with E-state index in [4.69, 9.17) is 17.0 Å². The standard InChI is InChI=1S/C16H18N2O2S/c1-2-20-10-18-14-12-8-4-3-6-11(12)7-5-9-13(14)15(19)17-16(18)21/h3-4,6,8H,2,5,7,9-10H2,1H3,(H,17,19,21). The van der Waals surface area contributed by atoms with Crippen molar-refractivity contribution in [2.45, 2.75) is 32.9 Å². The van der Waals surface area contributed by atoms with Crippen LogP contribution >= 0.6 is 12.2 Å². The average Bonchev–Trinajstić information content (AvgIpc) is 2.67. The Kier molecular flexibility index (Phi) is 4.03. The molecule has 21 heavy (non-hydrogen) atoms. The minimum atomic E-state index is -0.0700. The highest BCUT2D eigenvalue weighted by Gasteiger charge is 2.20. The molecule has 0 bridgehead atoms. The summed E-state index contributed by atoms with van der Waals surface area (Å²) in [6, 6.07) is 8.23. The molecule has 110 valence electrons. The van der Waals surface area contributed by atoms with Gasteiger partial charge in [0.1, 0.15) is 6.73 Å². The maximum Gasteiger partial charge on any atom is 0.255 e. The highest BCUT2D eigenvalue weighted by molar-refractivity contribution is 7.71. The first kappa shape index (κ1) is 14.2. The van der Waals surface area contributed by atoms with Gasteiger partial charge >= 0.3 is 0 Å². The zero-order valence-electron chi connectivity index (χ0n) is 12.0. The number of nitrogens with one attached hydrogen (secondary N) is 1. The number of hydrogen-bond donors (Lipinski definition) is 1. The van der Waals surface area contributed by atoms with Crippen molar-refractivity contribution in [3.63, 3.8) is 0 Å². The number of rotatable bonds is 3. The molecule has 0 aliphatic heterocycles. The molecule has 1 aliphatic carbocycles. The summed E-state index contributed by atoms with van der Waals surface area (Å²) in [4.78, 5) is 15.1. The molecule has 1 aromatic heterocycles. The van der Waals surface area contributed by atoms with Gasteiger partial charge in [0.2, 0.25) is 0 Å². The van der Waals surface area contributed by atoms with E-state index in [0.717, 1.165) is 36.1 Å². The third-order valence-electron chi connectivity index (χ3n) is 3.87. The van der Waals surface area contributed by atoms with Gasteiger partial charge in [-0.05, 0) is 44.0 Å². The first-order valence-electron chi connectivity index (χ1n) is 7.24. The second-order valence-corrected chi connectivity index (χ2v) is 5.53. The maximum absolute atomic E-state index is 12.3. The van der Waals surface area contributed by atoms with Gasteiger partial charge in [-0.15, -0.1) is 0 Å². The van der Waals surface area contributed by atoms with Gasteiger partial charge in [-0.25, -0.2) is 0 Å². The van der Waals surface area contributed by atoms with E-state index in [2.05, 4.69) is 17.1 Å². The van der Waals surface area contributed by atoms with E-state index in [0.29, 0.717) is 18.1 Å². The third kappa shape index (κ3) is 2.59. The summed E-state index contributed by atoms with van der Waals surface area (Å²) in [5, 5.41) is 0. The van der Waals surface area contributed by atoms with Gasteiger partial charge in [0.15, 0.2) is 4.77 Å².